The zero-order valence-electron chi connectivity index (χ0n) is 12.2. The monoisotopic (exact) mass is 291 g/mol. The van der Waals surface area contributed by atoms with Crippen molar-refractivity contribution in [3.8, 4) is 0 Å². The summed E-state index contributed by atoms with van der Waals surface area (Å²) in [6.07, 6.45) is 0.862. The Kier molecular flexibility index (Phi) is 4.45. The summed E-state index contributed by atoms with van der Waals surface area (Å²) in [6.45, 7) is 4.74. The van der Waals surface area contributed by atoms with E-state index in [2.05, 4.69) is 13.8 Å². The van der Waals surface area contributed by atoms with Gasteiger partial charge in [-0.1, -0.05) is 50.2 Å². The van der Waals surface area contributed by atoms with Crippen molar-refractivity contribution < 1.29 is 8.42 Å². The number of hydrogen-bond donors (Lipinski definition) is 0. The second kappa shape index (κ2) is 5.94. The van der Waals surface area contributed by atoms with Gasteiger partial charge in [0.2, 0.25) is 10.0 Å². The summed E-state index contributed by atoms with van der Waals surface area (Å²) in [5.74, 6) is 0.486. The highest BCUT2D eigenvalue weighted by molar-refractivity contribution is 7.89. The molecule has 4 heteroatoms. The lowest BCUT2D eigenvalue weighted by Gasteiger charge is -2.19. The number of hydrogen-bond acceptors (Lipinski definition) is 2. The van der Waals surface area contributed by atoms with E-state index in [1.165, 1.54) is 4.31 Å². The molecule has 0 radical (unpaired) electrons. The van der Waals surface area contributed by atoms with Crippen LogP contribution in [0.3, 0.4) is 0 Å². The van der Waals surface area contributed by atoms with Crippen LogP contribution in [-0.2, 0) is 10.0 Å². The molecule has 0 heterocycles. The fourth-order valence-corrected chi connectivity index (χ4v) is 3.54. The normalized spacial score (nSPS) is 12.4. The summed E-state index contributed by atoms with van der Waals surface area (Å²) in [6, 6.07) is 13.0. The van der Waals surface area contributed by atoms with Crippen molar-refractivity contribution in [2.75, 3.05) is 13.6 Å². The molecule has 0 aromatic heterocycles. The lowest BCUT2D eigenvalue weighted by atomic mass is 10.1. The molecule has 0 fully saturated rings. The van der Waals surface area contributed by atoms with Crippen LogP contribution in [0, 0.1) is 5.92 Å². The second-order valence-electron chi connectivity index (χ2n) is 5.49. The average Bonchev–Trinajstić information content (AvgIpc) is 2.43. The van der Waals surface area contributed by atoms with E-state index in [9.17, 15) is 8.42 Å². The Morgan fingerprint density at radius 2 is 1.70 bits per heavy atom. The molecule has 0 N–H and O–H groups in total. The third-order valence-electron chi connectivity index (χ3n) is 3.46. The number of sulfonamides is 1. The molecule has 0 bridgehead atoms. The molecule has 0 aliphatic rings. The first kappa shape index (κ1) is 15.0. The van der Waals surface area contributed by atoms with Crippen molar-refractivity contribution in [1.29, 1.82) is 0 Å². The molecule has 3 nitrogen and oxygen atoms in total. The first-order chi connectivity index (χ1) is 9.43. The Labute approximate surface area is 121 Å². The zero-order valence-corrected chi connectivity index (χ0v) is 13.0. The van der Waals surface area contributed by atoms with Crippen LogP contribution in [0.5, 0.6) is 0 Å². The van der Waals surface area contributed by atoms with Gasteiger partial charge in [-0.2, -0.15) is 0 Å². The highest BCUT2D eigenvalue weighted by atomic mass is 32.2. The fraction of sp³-hybridized carbons (Fsp3) is 0.375. The summed E-state index contributed by atoms with van der Waals surface area (Å²) in [4.78, 5) is 0.391. The van der Waals surface area contributed by atoms with Crippen molar-refractivity contribution >= 4 is 20.8 Å². The fourth-order valence-electron chi connectivity index (χ4n) is 2.15. The second-order valence-corrected chi connectivity index (χ2v) is 7.50. The smallest absolute Gasteiger partial charge is 0.207 e. The molecule has 0 saturated heterocycles. The molecule has 0 amide bonds. The predicted molar refractivity (Wildman–Crippen MR) is 83.2 cm³/mol. The van der Waals surface area contributed by atoms with E-state index in [0.29, 0.717) is 17.4 Å². The Morgan fingerprint density at radius 3 is 2.40 bits per heavy atom. The van der Waals surface area contributed by atoms with E-state index >= 15 is 0 Å². The topological polar surface area (TPSA) is 37.4 Å². The molecule has 0 atom stereocenters. The van der Waals surface area contributed by atoms with Crippen LogP contribution in [0.15, 0.2) is 47.4 Å². The number of benzene rings is 2. The van der Waals surface area contributed by atoms with E-state index in [4.69, 9.17) is 0 Å². The van der Waals surface area contributed by atoms with Crippen LogP contribution in [-0.4, -0.2) is 26.3 Å². The Morgan fingerprint density at radius 1 is 1.05 bits per heavy atom. The minimum absolute atomic E-state index is 0.391. The minimum atomic E-state index is -3.43. The summed E-state index contributed by atoms with van der Waals surface area (Å²) in [5, 5.41) is 1.73. The van der Waals surface area contributed by atoms with E-state index in [-0.39, 0.29) is 0 Å². The zero-order chi connectivity index (χ0) is 14.8. The summed E-state index contributed by atoms with van der Waals surface area (Å²) < 4.78 is 26.8. The minimum Gasteiger partial charge on any atom is -0.207 e. The largest absolute Gasteiger partial charge is 0.243 e. The number of rotatable bonds is 5. The van der Waals surface area contributed by atoms with Crippen LogP contribution < -0.4 is 0 Å². The third kappa shape index (κ3) is 3.02. The van der Waals surface area contributed by atoms with E-state index in [1.807, 2.05) is 30.3 Å². The Bertz CT molecular complexity index is 687. The van der Waals surface area contributed by atoms with Gasteiger partial charge in [0.05, 0.1) is 4.90 Å². The van der Waals surface area contributed by atoms with Crippen LogP contribution in [0.2, 0.25) is 0 Å². The molecular weight excluding hydrogens is 270 g/mol. The standard InChI is InChI=1S/C16H21NO2S/c1-13(2)11-12-17(3)20(18,19)16-10-6-8-14-7-4-5-9-15(14)16/h4-10,13H,11-12H2,1-3H3. The van der Waals surface area contributed by atoms with Gasteiger partial charge < -0.3 is 0 Å². The molecule has 0 saturated carbocycles. The van der Waals surface area contributed by atoms with Gasteiger partial charge in [0.25, 0.3) is 0 Å². The van der Waals surface area contributed by atoms with Gasteiger partial charge in [0.1, 0.15) is 0 Å². The molecular formula is C16H21NO2S. The highest BCUT2D eigenvalue weighted by Crippen LogP contribution is 2.25. The van der Waals surface area contributed by atoms with Crippen molar-refractivity contribution in [3.05, 3.63) is 42.5 Å². The molecule has 20 heavy (non-hydrogen) atoms. The van der Waals surface area contributed by atoms with Gasteiger partial charge in [0.15, 0.2) is 0 Å². The molecule has 0 aliphatic heterocycles. The quantitative estimate of drug-likeness (QED) is 0.845. The number of fused-ring (bicyclic) bond motifs is 1. The maximum Gasteiger partial charge on any atom is 0.243 e. The van der Waals surface area contributed by atoms with Crippen molar-refractivity contribution in [1.82, 2.24) is 4.31 Å². The van der Waals surface area contributed by atoms with Crippen molar-refractivity contribution in [3.63, 3.8) is 0 Å². The molecule has 2 aromatic carbocycles. The third-order valence-corrected chi connectivity index (χ3v) is 5.37. The SMILES string of the molecule is CC(C)CCN(C)S(=O)(=O)c1cccc2ccccc12. The average molecular weight is 291 g/mol. The van der Waals surface area contributed by atoms with Gasteiger partial charge in [0, 0.05) is 19.0 Å². The van der Waals surface area contributed by atoms with Crippen LogP contribution in [0.1, 0.15) is 20.3 Å². The van der Waals surface area contributed by atoms with Crippen LogP contribution in [0.25, 0.3) is 10.8 Å². The van der Waals surface area contributed by atoms with E-state index < -0.39 is 10.0 Å². The summed E-state index contributed by atoms with van der Waals surface area (Å²) >= 11 is 0. The molecule has 0 spiro atoms. The van der Waals surface area contributed by atoms with Gasteiger partial charge in [-0.25, -0.2) is 12.7 Å². The van der Waals surface area contributed by atoms with E-state index in [0.717, 1.165) is 17.2 Å². The Hall–Kier alpha value is -1.39. The molecule has 0 unspecified atom stereocenters. The van der Waals surface area contributed by atoms with Crippen molar-refractivity contribution in [2.24, 2.45) is 5.92 Å². The lowest BCUT2D eigenvalue weighted by molar-refractivity contribution is 0.428. The first-order valence-electron chi connectivity index (χ1n) is 6.87. The summed E-state index contributed by atoms with van der Waals surface area (Å²) in [7, 11) is -1.78. The van der Waals surface area contributed by atoms with E-state index in [1.54, 1.807) is 19.2 Å². The summed E-state index contributed by atoms with van der Waals surface area (Å²) in [5.41, 5.74) is 0. The maximum atomic E-state index is 12.7. The highest BCUT2D eigenvalue weighted by Gasteiger charge is 2.22. The molecule has 0 aliphatic carbocycles. The van der Waals surface area contributed by atoms with Gasteiger partial charge in [-0.3, -0.25) is 0 Å². The van der Waals surface area contributed by atoms with Crippen LogP contribution >= 0.6 is 0 Å². The molecule has 108 valence electrons. The number of nitrogens with zero attached hydrogens (tertiary/aromatic N) is 1. The van der Waals surface area contributed by atoms with Crippen LogP contribution in [0.4, 0.5) is 0 Å². The van der Waals surface area contributed by atoms with Gasteiger partial charge >= 0.3 is 0 Å². The maximum absolute atomic E-state index is 12.7. The van der Waals surface area contributed by atoms with Gasteiger partial charge in [-0.05, 0) is 23.8 Å². The molecule has 2 rings (SSSR count). The first-order valence-corrected chi connectivity index (χ1v) is 8.31. The van der Waals surface area contributed by atoms with Gasteiger partial charge in [-0.15, -0.1) is 0 Å². The lowest BCUT2D eigenvalue weighted by Crippen LogP contribution is -2.28. The predicted octanol–water partition coefficient (Wildman–Crippen LogP) is 3.51. The molecule has 2 aromatic rings. The van der Waals surface area contributed by atoms with Crippen molar-refractivity contribution in [2.45, 2.75) is 25.2 Å². The Balaban J connectivity index is 2.41.